The molecule has 0 bridgehead atoms. The van der Waals surface area contributed by atoms with E-state index in [2.05, 4.69) is 39.6 Å². The van der Waals surface area contributed by atoms with Crippen LogP contribution in [0, 0.1) is 0 Å². The van der Waals surface area contributed by atoms with Crippen LogP contribution in [0.15, 0.2) is 42.7 Å². The first kappa shape index (κ1) is 16.2. The highest BCUT2D eigenvalue weighted by Gasteiger charge is 2.17. The number of nitrogens with zero attached hydrogens (tertiary/aromatic N) is 3. The molecule has 5 heteroatoms. The maximum absolute atomic E-state index is 12.3. The Morgan fingerprint density at radius 2 is 1.95 bits per heavy atom. The predicted octanol–water partition coefficient (Wildman–Crippen LogP) is 2.21. The van der Waals surface area contributed by atoms with Crippen molar-refractivity contribution in [3.63, 3.8) is 0 Å². The first-order valence-corrected chi connectivity index (χ1v) is 7.59. The number of nitrogens with one attached hydrogen (secondary N) is 1. The number of carbonyl (C=O) groups excluding carboxylic acids is 1. The normalized spacial score (nSPS) is 12.4. The minimum absolute atomic E-state index is 0.00330. The zero-order valence-corrected chi connectivity index (χ0v) is 13.5. The standard InChI is InChI=1S/C17H24N4O/c1-4-16(21-11-5-10-19-21)17(22)18-12-14-6-8-15(9-7-14)13-20(2)3/h5-11,16H,4,12-13H2,1-3H3,(H,18,22). The molecule has 0 aliphatic rings. The fraction of sp³-hybridized carbons (Fsp3) is 0.412. The second kappa shape index (κ2) is 7.75. The van der Waals surface area contributed by atoms with Crippen molar-refractivity contribution in [2.45, 2.75) is 32.5 Å². The average molecular weight is 300 g/mol. The van der Waals surface area contributed by atoms with Crippen LogP contribution >= 0.6 is 0 Å². The van der Waals surface area contributed by atoms with E-state index in [4.69, 9.17) is 0 Å². The van der Waals surface area contributed by atoms with Crippen molar-refractivity contribution in [1.82, 2.24) is 20.0 Å². The SMILES string of the molecule is CCC(C(=O)NCc1ccc(CN(C)C)cc1)n1cccn1. The minimum atomic E-state index is -0.247. The van der Waals surface area contributed by atoms with Gasteiger partial charge in [0.2, 0.25) is 5.91 Å². The summed E-state index contributed by atoms with van der Waals surface area (Å²) in [6.07, 6.45) is 4.23. The summed E-state index contributed by atoms with van der Waals surface area (Å²) in [7, 11) is 4.10. The number of carbonyl (C=O) groups is 1. The lowest BCUT2D eigenvalue weighted by Gasteiger charge is -2.16. The molecule has 0 saturated heterocycles. The molecule has 1 unspecified atom stereocenters. The van der Waals surface area contributed by atoms with E-state index < -0.39 is 0 Å². The number of amides is 1. The van der Waals surface area contributed by atoms with Crippen LogP contribution in [-0.2, 0) is 17.9 Å². The van der Waals surface area contributed by atoms with E-state index in [0.29, 0.717) is 6.54 Å². The smallest absolute Gasteiger partial charge is 0.245 e. The Morgan fingerprint density at radius 3 is 2.50 bits per heavy atom. The molecule has 0 aliphatic heterocycles. The summed E-state index contributed by atoms with van der Waals surface area (Å²) < 4.78 is 1.70. The summed E-state index contributed by atoms with van der Waals surface area (Å²) in [5.41, 5.74) is 2.37. The number of hydrogen-bond acceptors (Lipinski definition) is 3. The predicted molar refractivity (Wildman–Crippen MR) is 87.2 cm³/mol. The molecule has 1 N–H and O–H groups in total. The Morgan fingerprint density at radius 1 is 1.27 bits per heavy atom. The Kier molecular flexibility index (Phi) is 5.72. The lowest BCUT2D eigenvalue weighted by Crippen LogP contribution is -2.32. The highest BCUT2D eigenvalue weighted by atomic mass is 16.2. The zero-order valence-electron chi connectivity index (χ0n) is 13.5. The summed E-state index contributed by atoms with van der Waals surface area (Å²) in [6, 6.07) is 9.92. The average Bonchev–Trinajstić information content (AvgIpc) is 3.01. The highest BCUT2D eigenvalue weighted by molar-refractivity contribution is 5.80. The molecule has 0 radical (unpaired) electrons. The van der Waals surface area contributed by atoms with E-state index in [1.807, 2.05) is 33.3 Å². The number of benzene rings is 1. The van der Waals surface area contributed by atoms with Gasteiger partial charge in [0, 0.05) is 25.5 Å². The number of aromatic nitrogens is 2. The lowest BCUT2D eigenvalue weighted by molar-refractivity contribution is -0.124. The second-order valence-corrected chi connectivity index (χ2v) is 5.68. The first-order valence-electron chi connectivity index (χ1n) is 7.59. The molecule has 0 spiro atoms. The van der Waals surface area contributed by atoms with Crippen LogP contribution in [0.4, 0.5) is 0 Å². The van der Waals surface area contributed by atoms with Crippen molar-refractivity contribution in [1.29, 1.82) is 0 Å². The third kappa shape index (κ3) is 4.43. The van der Waals surface area contributed by atoms with Gasteiger partial charge in [0.15, 0.2) is 0 Å². The van der Waals surface area contributed by atoms with Crippen LogP contribution in [0.5, 0.6) is 0 Å². The summed E-state index contributed by atoms with van der Waals surface area (Å²) in [6.45, 7) is 3.45. The van der Waals surface area contributed by atoms with Gasteiger partial charge in [-0.1, -0.05) is 31.2 Å². The van der Waals surface area contributed by atoms with Gasteiger partial charge in [-0.05, 0) is 37.7 Å². The fourth-order valence-corrected chi connectivity index (χ4v) is 2.39. The third-order valence-corrected chi connectivity index (χ3v) is 3.52. The Hall–Kier alpha value is -2.14. The van der Waals surface area contributed by atoms with Crippen LogP contribution in [0.2, 0.25) is 0 Å². The van der Waals surface area contributed by atoms with Gasteiger partial charge in [-0.2, -0.15) is 5.10 Å². The van der Waals surface area contributed by atoms with Gasteiger partial charge in [0.1, 0.15) is 6.04 Å². The third-order valence-electron chi connectivity index (χ3n) is 3.52. The maximum atomic E-state index is 12.3. The van der Waals surface area contributed by atoms with Crippen molar-refractivity contribution in [2.75, 3.05) is 14.1 Å². The van der Waals surface area contributed by atoms with Crippen LogP contribution in [0.25, 0.3) is 0 Å². The molecular weight excluding hydrogens is 276 g/mol. The van der Waals surface area contributed by atoms with Crippen LogP contribution in [0.3, 0.4) is 0 Å². The second-order valence-electron chi connectivity index (χ2n) is 5.68. The van der Waals surface area contributed by atoms with Gasteiger partial charge in [-0.3, -0.25) is 9.48 Å². The quantitative estimate of drug-likeness (QED) is 0.853. The van der Waals surface area contributed by atoms with E-state index in [1.54, 1.807) is 10.9 Å². The maximum Gasteiger partial charge on any atom is 0.245 e. The monoisotopic (exact) mass is 300 g/mol. The molecule has 1 aromatic carbocycles. The van der Waals surface area contributed by atoms with Crippen LogP contribution < -0.4 is 5.32 Å². The van der Waals surface area contributed by atoms with Crippen molar-refractivity contribution in [3.8, 4) is 0 Å². The van der Waals surface area contributed by atoms with E-state index >= 15 is 0 Å². The largest absolute Gasteiger partial charge is 0.350 e. The Labute approximate surface area is 131 Å². The van der Waals surface area contributed by atoms with Crippen LogP contribution in [-0.4, -0.2) is 34.7 Å². The molecule has 1 atom stereocenters. The van der Waals surface area contributed by atoms with Gasteiger partial charge in [-0.15, -0.1) is 0 Å². The van der Waals surface area contributed by atoms with Crippen molar-refractivity contribution < 1.29 is 4.79 Å². The molecule has 2 rings (SSSR count). The highest BCUT2D eigenvalue weighted by Crippen LogP contribution is 2.11. The van der Waals surface area contributed by atoms with E-state index in [9.17, 15) is 4.79 Å². The van der Waals surface area contributed by atoms with Crippen molar-refractivity contribution in [3.05, 3.63) is 53.9 Å². The lowest BCUT2D eigenvalue weighted by atomic mass is 10.1. The summed E-state index contributed by atoms with van der Waals surface area (Å²) in [5.74, 6) is 0.00330. The van der Waals surface area contributed by atoms with Gasteiger partial charge in [0.05, 0.1) is 0 Å². The molecule has 2 aromatic rings. The molecule has 118 valence electrons. The Balaban J connectivity index is 1.90. The molecule has 22 heavy (non-hydrogen) atoms. The van der Waals surface area contributed by atoms with E-state index in [0.717, 1.165) is 18.5 Å². The van der Waals surface area contributed by atoms with E-state index in [1.165, 1.54) is 5.56 Å². The molecule has 1 aromatic heterocycles. The van der Waals surface area contributed by atoms with Gasteiger partial charge >= 0.3 is 0 Å². The first-order chi connectivity index (χ1) is 10.6. The summed E-state index contributed by atoms with van der Waals surface area (Å²) in [5, 5.41) is 7.14. The topological polar surface area (TPSA) is 50.2 Å². The van der Waals surface area contributed by atoms with Crippen LogP contribution in [0.1, 0.15) is 30.5 Å². The molecule has 1 amide bonds. The molecule has 5 nitrogen and oxygen atoms in total. The molecular formula is C17H24N4O. The van der Waals surface area contributed by atoms with Crippen molar-refractivity contribution >= 4 is 5.91 Å². The van der Waals surface area contributed by atoms with Gasteiger partial charge < -0.3 is 10.2 Å². The minimum Gasteiger partial charge on any atom is -0.350 e. The molecule has 0 fully saturated rings. The Bertz CT molecular complexity index is 575. The van der Waals surface area contributed by atoms with Gasteiger partial charge in [0.25, 0.3) is 0 Å². The summed E-state index contributed by atoms with van der Waals surface area (Å²) >= 11 is 0. The number of rotatable bonds is 7. The zero-order chi connectivity index (χ0) is 15.9. The van der Waals surface area contributed by atoms with Crippen molar-refractivity contribution in [2.24, 2.45) is 0 Å². The molecule has 0 saturated carbocycles. The van der Waals surface area contributed by atoms with Gasteiger partial charge in [-0.25, -0.2) is 0 Å². The summed E-state index contributed by atoms with van der Waals surface area (Å²) in [4.78, 5) is 14.4. The molecule has 0 aliphatic carbocycles. The fourth-order valence-electron chi connectivity index (χ4n) is 2.39. The number of hydrogen-bond donors (Lipinski definition) is 1. The van der Waals surface area contributed by atoms with E-state index in [-0.39, 0.29) is 11.9 Å². The molecule has 1 heterocycles.